The Morgan fingerprint density at radius 2 is 1.93 bits per heavy atom. The van der Waals surface area contributed by atoms with Crippen molar-refractivity contribution < 1.29 is 0 Å². The molecule has 1 aromatic heterocycles. The van der Waals surface area contributed by atoms with Gasteiger partial charge in [-0.05, 0) is 25.0 Å². The van der Waals surface area contributed by atoms with Crippen LogP contribution in [0, 0.1) is 13.8 Å². The molecule has 0 atom stereocenters. The van der Waals surface area contributed by atoms with Crippen LogP contribution >= 0.6 is 0 Å². The topological polar surface area (TPSA) is 40.7 Å². The van der Waals surface area contributed by atoms with Gasteiger partial charge in [-0.3, -0.25) is 0 Å². The zero-order valence-corrected chi connectivity index (χ0v) is 8.33. The van der Waals surface area contributed by atoms with Crippen LogP contribution in [-0.2, 0) is 0 Å². The van der Waals surface area contributed by atoms with E-state index < -0.39 is 0 Å². The molecule has 0 saturated heterocycles. The molecule has 2 aromatic rings. The second-order valence-electron chi connectivity index (χ2n) is 3.33. The zero-order valence-electron chi connectivity index (χ0n) is 8.33. The monoisotopic (exact) mass is 187 g/mol. The molecule has 0 unspecified atom stereocenters. The molecular formula is C11H13N3. The van der Waals surface area contributed by atoms with Gasteiger partial charge < -0.3 is 10.3 Å². The summed E-state index contributed by atoms with van der Waals surface area (Å²) < 4.78 is 0. The average Bonchev–Trinajstić information content (AvgIpc) is 2.64. The van der Waals surface area contributed by atoms with Crippen LogP contribution in [0.25, 0.3) is 0 Å². The van der Waals surface area contributed by atoms with Crippen molar-refractivity contribution in [3.8, 4) is 0 Å². The summed E-state index contributed by atoms with van der Waals surface area (Å²) in [6.45, 7) is 4.16. The quantitative estimate of drug-likeness (QED) is 0.759. The molecule has 0 aliphatic rings. The lowest BCUT2D eigenvalue weighted by Gasteiger charge is -2.09. The standard InChI is InChI=1S/C11H13N3/c1-8-4-3-5-9(2)10(8)14-11-12-6-7-13-11/h3-7H,1-2H3,(H2,12,13,14). The van der Waals surface area contributed by atoms with Gasteiger partial charge in [0, 0.05) is 18.1 Å². The number of rotatable bonds is 2. The predicted octanol–water partition coefficient (Wildman–Crippen LogP) is 2.77. The molecule has 0 radical (unpaired) electrons. The van der Waals surface area contributed by atoms with Gasteiger partial charge >= 0.3 is 0 Å². The van der Waals surface area contributed by atoms with E-state index in [0.717, 1.165) is 11.6 Å². The van der Waals surface area contributed by atoms with Crippen LogP contribution in [0.2, 0.25) is 0 Å². The van der Waals surface area contributed by atoms with Gasteiger partial charge in [-0.1, -0.05) is 18.2 Å². The maximum Gasteiger partial charge on any atom is 0.204 e. The van der Waals surface area contributed by atoms with Gasteiger partial charge in [0.05, 0.1) is 0 Å². The van der Waals surface area contributed by atoms with Crippen LogP contribution < -0.4 is 5.32 Å². The fraction of sp³-hybridized carbons (Fsp3) is 0.182. The fourth-order valence-electron chi connectivity index (χ4n) is 1.46. The molecule has 14 heavy (non-hydrogen) atoms. The number of anilines is 2. The van der Waals surface area contributed by atoms with Gasteiger partial charge in [0.25, 0.3) is 0 Å². The Bertz CT molecular complexity index is 398. The zero-order chi connectivity index (χ0) is 9.97. The molecule has 72 valence electrons. The van der Waals surface area contributed by atoms with E-state index in [4.69, 9.17) is 0 Å². The van der Waals surface area contributed by atoms with Crippen LogP contribution in [0.4, 0.5) is 11.6 Å². The number of aromatic nitrogens is 2. The normalized spacial score (nSPS) is 10.1. The minimum atomic E-state index is 0.780. The number of aryl methyl sites for hydroxylation is 2. The van der Waals surface area contributed by atoms with Crippen LogP contribution in [0.15, 0.2) is 30.6 Å². The number of imidazole rings is 1. The number of H-pyrrole nitrogens is 1. The van der Waals surface area contributed by atoms with E-state index in [1.807, 2.05) is 0 Å². The summed E-state index contributed by atoms with van der Waals surface area (Å²) in [4.78, 5) is 7.14. The highest BCUT2D eigenvalue weighted by Gasteiger charge is 2.02. The molecule has 0 spiro atoms. The Kier molecular flexibility index (Phi) is 2.23. The number of hydrogen-bond acceptors (Lipinski definition) is 2. The van der Waals surface area contributed by atoms with E-state index in [0.29, 0.717) is 0 Å². The number of aromatic amines is 1. The SMILES string of the molecule is Cc1cccc(C)c1Nc1ncc[nH]1. The number of para-hydroxylation sites is 1. The van der Waals surface area contributed by atoms with Gasteiger partial charge in [0.15, 0.2) is 0 Å². The molecular weight excluding hydrogens is 174 g/mol. The van der Waals surface area contributed by atoms with Crippen LogP contribution in [0.1, 0.15) is 11.1 Å². The van der Waals surface area contributed by atoms with Crippen molar-refractivity contribution in [1.29, 1.82) is 0 Å². The largest absolute Gasteiger partial charge is 0.331 e. The van der Waals surface area contributed by atoms with Crippen molar-refractivity contribution in [2.75, 3.05) is 5.32 Å². The lowest BCUT2D eigenvalue weighted by Crippen LogP contribution is -1.97. The molecule has 2 rings (SSSR count). The molecule has 0 fully saturated rings. The first-order valence-corrected chi connectivity index (χ1v) is 4.60. The summed E-state index contributed by atoms with van der Waals surface area (Å²) in [7, 11) is 0. The van der Waals surface area contributed by atoms with Gasteiger partial charge in [0.2, 0.25) is 5.95 Å². The summed E-state index contributed by atoms with van der Waals surface area (Å²) in [6.07, 6.45) is 3.53. The van der Waals surface area contributed by atoms with Crippen molar-refractivity contribution >= 4 is 11.6 Å². The van der Waals surface area contributed by atoms with E-state index in [9.17, 15) is 0 Å². The number of nitrogens with zero attached hydrogens (tertiary/aromatic N) is 1. The molecule has 1 aromatic carbocycles. The first-order chi connectivity index (χ1) is 6.77. The third-order valence-electron chi connectivity index (χ3n) is 2.22. The van der Waals surface area contributed by atoms with Gasteiger partial charge in [0.1, 0.15) is 0 Å². The van der Waals surface area contributed by atoms with Gasteiger partial charge in [-0.2, -0.15) is 0 Å². The molecule has 3 heteroatoms. The molecule has 1 heterocycles. The van der Waals surface area contributed by atoms with Crippen molar-refractivity contribution in [3.05, 3.63) is 41.7 Å². The Labute approximate surface area is 83.2 Å². The van der Waals surface area contributed by atoms with E-state index in [1.54, 1.807) is 12.4 Å². The molecule has 3 nitrogen and oxygen atoms in total. The number of hydrogen-bond donors (Lipinski definition) is 2. The summed E-state index contributed by atoms with van der Waals surface area (Å²) in [5.41, 5.74) is 3.57. The predicted molar refractivity (Wildman–Crippen MR) is 57.8 cm³/mol. The van der Waals surface area contributed by atoms with E-state index >= 15 is 0 Å². The first-order valence-electron chi connectivity index (χ1n) is 4.60. The Hall–Kier alpha value is -1.77. The molecule has 2 N–H and O–H groups in total. The number of benzene rings is 1. The third kappa shape index (κ3) is 1.62. The lowest BCUT2D eigenvalue weighted by molar-refractivity contribution is 1.26. The summed E-state index contributed by atoms with van der Waals surface area (Å²) in [6, 6.07) is 6.22. The molecule has 0 saturated carbocycles. The maximum absolute atomic E-state index is 4.13. The molecule has 0 amide bonds. The van der Waals surface area contributed by atoms with Crippen LogP contribution in [0.3, 0.4) is 0 Å². The average molecular weight is 187 g/mol. The Morgan fingerprint density at radius 1 is 1.21 bits per heavy atom. The second-order valence-corrected chi connectivity index (χ2v) is 3.33. The highest BCUT2D eigenvalue weighted by atomic mass is 15.1. The third-order valence-corrected chi connectivity index (χ3v) is 2.22. The van der Waals surface area contributed by atoms with E-state index in [-0.39, 0.29) is 0 Å². The summed E-state index contributed by atoms with van der Waals surface area (Å²) in [5, 5.41) is 3.25. The smallest absolute Gasteiger partial charge is 0.204 e. The minimum Gasteiger partial charge on any atom is -0.331 e. The lowest BCUT2D eigenvalue weighted by atomic mass is 10.1. The van der Waals surface area contributed by atoms with E-state index in [2.05, 4.69) is 47.3 Å². The van der Waals surface area contributed by atoms with E-state index in [1.165, 1.54) is 11.1 Å². The van der Waals surface area contributed by atoms with Crippen LogP contribution in [0.5, 0.6) is 0 Å². The fourth-order valence-corrected chi connectivity index (χ4v) is 1.46. The molecule has 0 bridgehead atoms. The Morgan fingerprint density at radius 3 is 2.50 bits per heavy atom. The molecule has 0 aliphatic heterocycles. The van der Waals surface area contributed by atoms with Crippen LogP contribution in [-0.4, -0.2) is 9.97 Å². The van der Waals surface area contributed by atoms with Crippen molar-refractivity contribution in [3.63, 3.8) is 0 Å². The minimum absolute atomic E-state index is 0.780. The highest BCUT2D eigenvalue weighted by molar-refractivity contribution is 5.62. The maximum atomic E-state index is 4.13. The Balaban J connectivity index is 2.33. The van der Waals surface area contributed by atoms with Crippen molar-refractivity contribution in [2.24, 2.45) is 0 Å². The highest BCUT2D eigenvalue weighted by Crippen LogP contribution is 2.21. The summed E-state index contributed by atoms with van der Waals surface area (Å²) >= 11 is 0. The first kappa shape index (κ1) is 8.81. The van der Waals surface area contributed by atoms with Crippen molar-refractivity contribution in [1.82, 2.24) is 9.97 Å². The number of nitrogens with one attached hydrogen (secondary N) is 2. The summed E-state index contributed by atoms with van der Waals surface area (Å²) in [5.74, 6) is 0.780. The van der Waals surface area contributed by atoms with Gasteiger partial charge in [-0.25, -0.2) is 4.98 Å². The second kappa shape index (κ2) is 3.54. The van der Waals surface area contributed by atoms with Gasteiger partial charge in [-0.15, -0.1) is 0 Å². The molecule has 0 aliphatic carbocycles. The van der Waals surface area contributed by atoms with Crippen molar-refractivity contribution in [2.45, 2.75) is 13.8 Å².